The first-order valence-electron chi connectivity index (χ1n) is 10.1. The first-order valence-corrected chi connectivity index (χ1v) is 13.0. The molecule has 0 unspecified atom stereocenters. The fourth-order valence-corrected chi connectivity index (χ4v) is 4.46. The summed E-state index contributed by atoms with van der Waals surface area (Å²) in [7, 11) is 3.34. The van der Waals surface area contributed by atoms with Crippen molar-refractivity contribution < 1.29 is 18.6 Å². The molecule has 1 aliphatic rings. The second-order valence-electron chi connectivity index (χ2n) is 8.94. The van der Waals surface area contributed by atoms with Crippen LogP contribution in [0.25, 0.3) is 0 Å². The Kier molecular flexibility index (Phi) is 10.5. The predicted molar refractivity (Wildman–Crippen MR) is 114 cm³/mol. The summed E-state index contributed by atoms with van der Waals surface area (Å²) in [6.07, 6.45) is 6.02. The molecule has 1 fully saturated rings. The van der Waals surface area contributed by atoms with Crippen LogP contribution >= 0.6 is 0 Å². The topological polar surface area (TPSA) is 52.5 Å². The van der Waals surface area contributed by atoms with Crippen molar-refractivity contribution in [3.05, 3.63) is 0 Å². The van der Waals surface area contributed by atoms with E-state index >= 15 is 0 Å². The van der Waals surface area contributed by atoms with Gasteiger partial charge in [-0.05, 0) is 43.8 Å². The Labute approximate surface area is 167 Å². The van der Waals surface area contributed by atoms with Gasteiger partial charge in [-0.3, -0.25) is 5.01 Å². The second-order valence-corrected chi connectivity index (χ2v) is 13.7. The molecule has 0 aromatic heterocycles. The third-order valence-electron chi connectivity index (χ3n) is 5.82. The zero-order valence-electron chi connectivity index (χ0n) is 18.8. The van der Waals surface area contributed by atoms with Crippen molar-refractivity contribution in [1.82, 2.24) is 5.01 Å². The molecule has 27 heavy (non-hydrogen) atoms. The largest absolute Gasteiger partial charge is 0.409 e. The number of rotatable bonds is 12. The van der Waals surface area contributed by atoms with Crippen molar-refractivity contribution in [1.29, 1.82) is 0 Å². The Morgan fingerprint density at radius 3 is 2.41 bits per heavy atom. The van der Waals surface area contributed by atoms with Crippen molar-refractivity contribution in [2.45, 2.75) is 82.8 Å². The van der Waals surface area contributed by atoms with E-state index < -0.39 is 8.32 Å². The number of ether oxygens (including phenoxy) is 3. The molecular weight excluding hydrogens is 360 g/mol. The highest BCUT2D eigenvalue weighted by Gasteiger charge is 2.40. The summed E-state index contributed by atoms with van der Waals surface area (Å²) in [5, 5.41) is 6.97. The SMILES string of the molecule is COC[C@@H]1CCCN1/N=C/CC[C@H](OC)[C@@H](COC)O[Si](C)(C)C(C)(C)C. The lowest BCUT2D eigenvalue weighted by Crippen LogP contribution is -2.49. The van der Waals surface area contributed by atoms with Crippen LogP contribution in [0.3, 0.4) is 0 Å². The van der Waals surface area contributed by atoms with Gasteiger partial charge in [-0.1, -0.05) is 20.8 Å². The van der Waals surface area contributed by atoms with E-state index in [0.717, 1.165) is 32.4 Å². The molecule has 6 nitrogen and oxygen atoms in total. The number of hydrogen-bond acceptors (Lipinski definition) is 6. The highest BCUT2D eigenvalue weighted by Crippen LogP contribution is 2.38. The van der Waals surface area contributed by atoms with Crippen molar-refractivity contribution >= 4 is 14.5 Å². The van der Waals surface area contributed by atoms with Crippen LogP contribution in [0.15, 0.2) is 5.10 Å². The minimum Gasteiger partial charge on any atom is -0.409 e. The summed E-state index contributed by atoms with van der Waals surface area (Å²) >= 11 is 0. The van der Waals surface area contributed by atoms with Crippen LogP contribution < -0.4 is 0 Å². The number of hydrazone groups is 1. The summed E-state index contributed by atoms with van der Waals surface area (Å²) in [4.78, 5) is 0. The van der Waals surface area contributed by atoms with Gasteiger partial charge in [-0.2, -0.15) is 5.10 Å². The highest BCUT2D eigenvalue weighted by molar-refractivity contribution is 6.74. The Morgan fingerprint density at radius 2 is 1.85 bits per heavy atom. The molecule has 0 aliphatic carbocycles. The summed E-state index contributed by atoms with van der Waals surface area (Å²) in [6.45, 7) is 13.6. The van der Waals surface area contributed by atoms with Gasteiger partial charge in [-0.15, -0.1) is 0 Å². The van der Waals surface area contributed by atoms with Gasteiger partial charge < -0.3 is 18.6 Å². The third-order valence-corrected chi connectivity index (χ3v) is 10.3. The quantitative estimate of drug-likeness (QED) is 0.366. The van der Waals surface area contributed by atoms with Crippen LogP contribution in [0.2, 0.25) is 18.1 Å². The average Bonchev–Trinajstić information content (AvgIpc) is 3.01. The van der Waals surface area contributed by atoms with Crippen molar-refractivity contribution in [2.75, 3.05) is 41.1 Å². The fraction of sp³-hybridized carbons (Fsp3) is 0.950. The zero-order chi connectivity index (χ0) is 20.5. The molecule has 160 valence electrons. The molecule has 0 aromatic carbocycles. The van der Waals surface area contributed by atoms with Gasteiger partial charge in [0.1, 0.15) is 0 Å². The van der Waals surface area contributed by atoms with E-state index in [1.54, 1.807) is 21.3 Å². The van der Waals surface area contributed by atoms with Gasteiger partial charge >= 0.3 is 0 Å². The first kappa shape index (κ1) is 24.6. The molecule has 0 saturated carbocycles. The molecule has 1 saturated heterocycles. The van der Waals surface area contributed by atoms with E-state index in [1.165, 1.54) is 6.42 Å². The number of nitrogens with zero attached hydrogens (tertiary/aromatic N) is 2. The van der Waals surface area contributed by atoms with E-state index in [1.807, 2.05) is 6.21 Å². The van der Waals surface area contributed by atoms with Crippen LogP contribution in [-0.2, 0) is 18.6 Å². The van der Waals surface area contributed by atoms with Crippen LogP contribution in [0, 0.1) is 0 Å². The lowest BCUT2D eigenvalue weighted by atomic mass is 10.1. The first-order chi connectivity index (χ1) is 12.7. The standard InChI is InChI=1S/C20H42N2O4Si/c1-20(2,3)27(7,8)26-19(16-24-5)18(25-6)12-9-13-21-22-14-10-11-17(22)15-23-4/h13,17-19H,9-12,14-16H2,1-8H3/b21-13+/t17-,18-,19+/m0/s1. The van der Waals surface area contributed by atoms with E-state index in [9.17, 15) is 0 Å². The van der Waals surface area contributed by atoms with E-state index in [0.29, 0.717) is 12.6 Å². The van der Waals surface area contributed by atoms with Gasteiger partial charge in [0.05, 0.1) is 31.5 Å². The molecule has 1 aliphatic heterocycles. The van der Waals surface area contributed by atoms with E-state index in [4.69, 9.17) is 18.6 Å². The zero-order valence-corrected chi connectivity index (χ0v) is 19.8. The second kappa shape index (κ2) is 11.5. The predicted octanol–water partition coefficient (Wildman–Crippen LogP) is 3.92. The van der Waals surface area contributed by atoms with Crippen LogP contribution in [0.5, 0.6) is 0 Å². The molecule has 7 heteroatoms. The minimum absolute atomic E-state index is 0.00104. The molecule has 1 heterocycles. The fourth-order valence-electron chi connectivity index (χ4n) is 3.13. The van der Waals surface area contributed by atoms with Gasteiger partial charge in [-0.25, -0.2) is 0 Å². The monoisotopic (exact) mass is 402 g/mol. The summed E-state index contributed by atoms with van der Waals surface area (Å²) in [6, 6.07) is 0.410. The van der Waals surface area contributed by atoms with Crippen molar-refractivity contribution in [2.24, 2.45) is 5.10 Å². The van der Waals surface area contributed by atoms with Gasteiger partial charge in [0.2, 0.25) is 0 Å². The molecule has 0 bridgehead atoms. The maximum atomic E-state index is 6.59. The molecule has 1 rings (SSSR count). The van der Waals surface area contributed by atoms with Crippen molar-refractivity contribution in [3.63, 3.8) is 0 Å². The minimum atomic E-state index is -1.89. The van der Waals surface area contributed by atoms with Gasteiger partial charge in [0.25, 0.3) is 0 Å². The Hall–Kier alpha value is -0.473. The molecule has 0 radical (unpaired) electrons. The molecule has 3 atom stereocenters. The Balaban J connectivity index is 2.61. The molecule has 0 spiro atoms. The number of hydrogen-bond donors (Lipinski definition) is 0. The van der Waals surface area contributed by atoms with E-state index in [-0.39, 0.29) is 17.2 Å². The van der Waals surface area contributed by atoms with Crippen LogP contribution in [0.4, 0.5) is 0 Å². The number of methoxy groups -OCH3 is 3. The highest BCUT2D eigenvalue weighted by atomic mass is 28.4. The summed E-state index contributed by atoms with van der Waals surface area (Å²) in [5.74, 6) is 0. The smallest absolute Gasteiger partial charge is 0.192 e. The van der Waals surface area contributed by atoms with Crippen LogP contribution in [0.1, 0.15) is 46.5 Å². The molecular formula is C20H42N2O4Si. The van der Waals surface area contributed by atoms with Gasteiger partial charge in [0, 0.05) is 34.1 Å². The normalized spacial score (nSPS) is 21.2. The third kappa shape index (κ3) is 7.81. The molecule has 0 aromatic rings. The lowest BCUT2D eigenvalue weighted by Gasteiger charge is -2.41. The molecule has 0 amide bonds. The average molecular weight is 403 g/mol. The van der Waals surface area contributed by atoms with Crippen LogP contribution in [-0.4, -0.2) is 78.9 Å². The maximum Gasteiger partial charge on any atom is 0.192 e. The maximum absolute atomic E-state index is 6.59. The lowest BCUT2D eigenvalue weighted by molar-refractivity contribution is -0.0419. The Morgan fingerprint density at radius 1 is 1.15 bits per heavy atom. The summed E-state index contributed by atoms with van der Waals surface area (Å²) in [5.41, 5.74) is 0. The van der Waals surface area contributed by atoms with Crippen molar-refractivity contribution in [3.8, 4) is 0 Å². The van der Waals surface area contributed by atoms with E-state index in [2.05, 4.69) is 44.0 Å². The van der Waals surface area contributed by atoms with Gasteiger partial charge in [0.15, 0.2) is 8.32 Å². The Bertz CT molecular complexity index is 440. The molecule has 0 N–H and O–H groups in total. The summed E-state index contributed by atoms with van der Waals surface area (Å²) < 4.78 is 23.1.